The molecule has 2 saturated carbocycles. The topological polar surface area (TPSA) is 84.0 Å². The van der Waals surface area contributed by atoms with Gasteiger partial charge >= 0.3 is 5.97 Å². The Labute approximate surface area is 201 Å². The summed E-state index contributed by atoms with van der Waals surface area (Å²) >= 11 is 6.22. The summed E-state index contributed by atoms with van der Waals surface area (Å²) in [6.45, 7) is 0.177. The highest BCUT2D eigenvalue weighted by Crippen LogP contribution is 2.56. The molecule has 2 saturated heterocycles. The van der Waals surface area contributed by atoms with Gasteiger partial charge in [-0.05, 0) is 55.4 Å². The molecule has 2 heterocycles. The van der Waals surface area contributed by atoms with Crippen molar-refractivity contribution in [1.82, 2.24) is 0 Å². The van der Waals surface area contributed by atoms with Gasteiger partial charge in [-0.25, -0.2) is 4.90 Å². The molecule has 6 rings (SSSR count). The summed E-state index contributed by atoms with van der Waals surface area (Å²) in [6.07, 6.45) is 3.03. The van der Waals surface area contributed by atoms with E-state index in [-0.39, 0.29) is 48.3 Å². The number of carbonyl (C=O) groups excluding carboxylic acids is 4. The number of ether oxygens (including phenoxy) is 1. The number of rotatable bonds is 4. The molecule has 0 N–H and O–H groups in total. The predicted molar refractivity (Wildman–Crippen MR) is 124 cm³/mol. The molecule has 34 heavy (non-hydrogen) atoms. The number of hydrogen-bond acceptors (Lipinski definition) is 5. The first kappa shape index (κ1) is 21.4. The van der Waals surface area contributed by atoms with Gasteiger partial charge in [0.2, 0.25) is 17.7 Å². The maximum absolute atomic E-state index is 13.1. The van der Waals surface area contributed by atoms with E-state index in [2.05, 4.69) is 0 Å². The van der Waals surface area contributed by atoms with Crippen LogP contribution in [-0.2, 0) is 19.2 Å². The number of carbonyl (C=O) groups is 4. The molecule has 0 unspecified atom stereocenters. The van der Waals surface area contributed by atoms with Gasteiger partial charge in [0.25, 0.3) is 0 Å². The fraction of sp³-hybridized carbons (Fsp3) is 0.385. The van der Waals surface area contributed by atoms with Crippen molar-refractivity contribution in [2.24, 2.45) is 29.6 Å². The molecule has 2 bridgehead atoms. The predicted octanol–water partition coefficient (Wildman–Crippen LogP) is 3.83. The van der Waals surface area contributed by atoms with Crippen molar-refractivity contribution in [1.29, 1.82) is 0 Å². The first-order chi connectivity index (χ1) is 16.4. The molecule has 0 spiro atoms. The van der Waals surface area contributed by atoms with Crippen LogP contribution in [-0.4, -0.2) is 30.2 Å². The highest BCUT2D eigenvalue weighted by atomic mass is 35.5. The number of fused-ring (bicyclic) bond motifs is 5. The van der Waals surface area contributed by atoms with E-state index in [0.29, 0.717) is 28.2 Å². The Morgan fingerprint density at radius 3 is 2.35 bits per heavy atom. The number of benzene rings is 2. The van der Waals surface area contributed by atoms with Crippen LogP contribution in [0.3, 0.4) is 0 Å². The van der Waals surface area contributed by atoms with Crippen LogP contribution < -0.4 is 14.5 Å². The van der Waals surface area contributed by atoms with Crippen molar-refractivity contribution in [3.8, 4) is 5.75 Å². The van der Waals surface area contributed by atoms with Gasteiger partial charge in [0, 0.05) is 19.0 Å². The van der Waals surface area contributed by atoms with Gasteiger partial charge < -0.3 is 9.64 Å². The van der Waals surface area contributed by atoms with Gasteiger partial charge in [-0.2, -0.15) is 0 Å². The summed E-state index contributed by atoms with van der Waals surface area (Å²) in [4.78, 5) is 54.4. The molecule has 4 fully saturated rings. The summed E-state index contributed by atoms with van der Waals surface area (Å²) in [5.74, 6) is -1.21. The number of esters is 1. The molecule has 2 aliphatic heterocycles. The van der Waals surface area contributed by atoms with Crippen LogP contribution in [0.1, 0.15) is 25.7 Å². The Kier molecular flexibility index (Phi) is 4.99. The van der Waals surface area contributed by atoms with Crippen molar-refractivity contribution >= 4 is 46.7 Å². The number of imide groups is 1. The van der Waals surface area contributed by atoms with E-state index in [1.165, 1.54) is 9.80 Å². The molecule has 5 atom stereocenters. The molecule has 3 amide bonds. The minimum absolute atomic E-state index is 0.0268. The molecule has 174 valence electrons. The molecular weight excluding hydrogens is 456 g/mol. The number of halogens is 1. The zero-order valence-electron chi connectivity index (χ0n) is 18.4. The summed E-state index contributed by atoms with van der Waals surface area (Å²) in [6, 6.07) is 13.5. The zero-order chi connectivity index (χ0) is 23.6. The number of para-hydroxylation sites is 1. The minimum atomic E-state index is -0.641. The average molecular weight is 479 g/mol. The van der Waals surface area contributed by atoms with Crippen molar-refractivity contribution in [3.05, 3.63) is 53.6 Å². The van der Waals surface area contributed by atoms with E-state index < -0.39 is 11.9 Å². The molecular formula is C26H23ClN2O5. The molecule has 7 nitrogen and oxygen atoms in total. The van der Waals surface area contributed by atoms with Gasteiger partial charge in [-0.15, -0.1) is 0 Å². The van der Waals surface area contributed by atoms with Gasteiger partial charge in [-0.1, -0.05) is 29.8 Å². The largest absolute Gasteiger partial charge is 0.426 e. The first-order valence-electron chi connectivity index (χ1n) is 11.7. The SMILES string of the molecule is O=C(Oc1cccc(N2C(=O)[C@@H]3[C@H]4CC[C@@H](C4)[C@H]3C2=O)c1)[C@@H]1CC(=O)N(c2ccccc2Cl)C1. The lowest BCUT2D eigenvalue weighted by Gasteiger charge is -2.19. The van der Waals surface area contributed by atoms with Crippen molar-refractivity contribution in [2.75, 3.05) is 16.3 Å². The number of anilines is 2. The second-order valence-electron chi connectivity index (χ2n) is 9.67. The van der Waals surface area contributed by atoms with Crippen molar-refractivity contribution in [2.45, 2.75) is 25.7 Å². The van der Waals surface area contributed by atoms with Crippen LogP contribution in [0.2, 0.25) is 5.02 Å². The normalized spacial score (nSPS) is 29.8. The highest BCUT2D eigenvalue weighted by Gasteiger charge is 2.61. The second-order valence-corrected chi connectivity index (χ2v) is 10.1. The third kappa shape index (κ3) is 3.25. The average Bonchev–Trinajstić information content (AvgIpc) is 3.58. The molecule has 4 aliphatic rings. The van der Waals surface area contributed by atoms with Crippen LogP contribution >= 0.6 is 11.6 Å². The third-order valence-electron chi connectivity index (χ3n) is 7.82. The van der Waals surface area contributed by atoms with Crippen LogP contribution in [0.5, 0.6) is 5.75 Å². The van der Waals surface area contributed by atoms with Gasteiger partial charge in [0.15, 0.2) is 0 Å². The van der Waals surface area contributed by atoms with Crippen LogP contribution in [0, 0.1) is 29.6 Å². The number of nitrogens with zero attached hydrogens (tertiary/aromatic N) is 2. The molecule has 2 aromatic carbocycles. The smallest absolute Gasteiger partial charge is 0.316 e. The summed E-state index contributed by atoms with van der Waals surface area (Å²) in [7, 11) is 0. The molecule has 2 aromatic rings. The highest BCUT2D eigenvalue weighted by molar-refractivity contribution is 6.34. The maximum atomic E-state index is 13.1. The zero-order valence-corrected chi connectivity index (χ0v) is 19.1. The lowest BCUT2D eigenvalue weighted by atomic mass is 9.81. The minimum Gasteiger partial charge on any atom is -0.426 e. The monoisotopic (exact) mass is 478 g/mol. The molecule has 0 radical (unpaired) electrons. The van der Waals surface area contributed by atoms with Gasteiger partial charge in [0.05, 0.1) is 34.2 Å². The number of hydrogen-bond donors (Lipinski definition) is 0. The Morgan fingerprint density at radius 2 is 1.65 bits per heavy atom. The Morgan fingerprint density at radius 1 is 0.941 bits per heavy atom. The van der Waals surface area contributed by atoms with Crippen LogP contribution in [0.25, 0.3) is 0 Å². The Bertz CT molecular complexity index is 1200. The number of amides is 3. The summed E-state index contributed by atoms with van der Waals surface area (Å²) in [5, 5.41) is 0.440. The fourth-order valence-electron chi connectivity index (χ4n) is 6.32. The summed E-state index contributed by atoms with van der Waals surface area (Å²) < 4.78 is 5.58. The third-order valence-corrected chi connectivity index (χ3v) is 8.14. The Hall–Kier alpha value is -3.19. The Balaban J connectivity index is 1.17. The molecule has 8 heteroatoms. The maximum Gasteiger partial charge on any atom is 0.316 e. The van der Waals surface area contributed by atoms with Gasteiger partial charge in [0.1, 0.15) is 5.75 Å². The standard InChI is InChI=1S/C26H23ClN2O5/c27-19-6-1-2-7-20(19)28-13-16(11-21(28)30)26(33)34-18-5-3-4-17(12-18)29-24(31)22-14-8-9-15(10-14)23(22)25(29)32/h1-7,12,14-16,22-23H,8-11,13H2/t14-,15-,16+,22+,23+/m0/s1. The van der Waals surface area contributed by atoms with Crippen LogP contribution in [0.15, 0.2) is 48.5 Å². The second kappa shape index (κ2) is 7.94. The fourth-order valence-corrected chi connectivity index (χ4v) is 6.56. The lowest BCUT2D eigenvalue weighted by Crippen LogP contribution is -2.32. The van der Waals surface area contributed by atoms with E-state index >= 15 is 0 Å². The van der Waals surface area contributed by atoms with E-state index in [9.17, 15) is 19.2 Å². The van der Waals surface area contributed by atoms with E-state index in [1.807, 2.05) is 0 Å². The van der Waals surface area contributed by atoms with E-state index in [1.54, 1.807) is 48.5 Å². The first-order valence-corrected chi connectivity index (χ1v) is 12.0. The molecule has 0 aromatic heterocycles. The quantitative estimate of drug-likeness (QED) is 0.379. The van der Waals surface area contributed by atoms with Crippen molar-refractivity contribution in [3.63, 3.8) is 0 Å². The van der Waals surface area contributed by atoms with E-state index in [0.717, 1.165) is 19.3 Å². The van der Waals surface area contributed by atoms with E-state index in [4.69, 9.17) is 16.3 Å². The lowest BCUT2D eigenvalue weighted by molar-refractivity contribution is -0.139. The molecule has 2 aliphatic carbocycles. The van der Waals surface area contributed by atoms with Gasteiger partial charge in [-0.3, -0.25) is 19.2 Å². The summed E-state index contributed by atoms with van der Waals surface area (Å²) in [5.41, 5.74) is 0.992. The van der Waals surface area contributed by atoms with Crippen LogP contribution in [0.4, 0.5) is 11.4 Å². The van der Waals surface area contributed by atoms with Crippen molar-refractivity contribution < 1.29 is 23.9 Å².